The van der Waals surface area contributed by atoms with Gasteiger partial charge in [-0.25, -0.2) is 0 Å². The van der Waals surface area contributed by atoms with Gasteiger partial charge >= 0.3 is 0 Å². The van der Waals surface area contributed by atoms with Gasteiger partial charge in [-0.2, -0.15) is 0 Å². The highest BCUT2D eigenvalue weighted by Crippen LogP contribution is 2.52. The minimum atomic E-state index is -2.47. The van der Waals surface area contributed by atoms with E-state index in [1.165, 1.54) is 0 Å². The van der Waals surface area contributed by atoms with Crippen LogP contribution in [0.15, 0.2) is 12.2 Å². The summed E-state index contributed by atoms with van der Waals surface area (Å²) in [5.41, 5.74) is -0.717. The van der Waals surface area contributed by atoms with Crippen LogP contribution in [0.2, 0.25) is 72.5 Å². The van der Waals surface area contributed by atoms with E-state index in [0.717, 1.165) is 0 Å². The molecule has 0 aromatic carbocycles. The highest BCUT2D eigenvalue weighted by Gasteiger charge is 2.65. The Morgan fingerprint density at radius 2 is 1.07 bits per heavy atom. The molecule has 0 saturated carbocycles. The highest BCUT2D eigenvalue weighted by molar-refractivity contribution is 6.75. The van der Waals surface area contributed by atoms with E-state index < -0.39 is 62.9 Å². The quantitative estimate of drug-likeness (QED) is 0.0686. The van der Waals surface area contributed by atoms with Crippen molar-refractivity contribution in [3.8, 4) is 0 Å². The number of epoxide rings is 1. The number of carbonyl (C=O) groups is 2. The van der Waals surface area contributed by atoms with E-state index in [1.807, 2.05) is 13.8 Å². The maximum absolute atomic E-state index is 16.0. The molecule has 0 aromatic rings. The first-order valence-corrected chi connectivity index (χ1v) is 32.5. The van der Waals surface area contributed by atoms with Gasteiger partial charge in [0.25, 0.3) is 0 Å². The predicted octanol–water partition coefficient (Wildman–Crippen LogP) is 12.4. The van der Waals surface area contributed by atoms with E-state index in [9.17, 15) is 4.79 Å². The van der Waals surface area contributed by atoms with Crippen LogP contribution in [0, 0.1) is 17.8 Å². The Balaban J connectivity index is 4.25. The van der Waals surface area contributed by atoms with Crippen LogP contribution in [0.3, 0.4) is 0 Å². The molecule has 0 N–H and O–H groups in total. The zero-order valence-electron chi connectivity index (χ0n) is 39.8. The minimum absolute atomic E-state index is 0.00194. The molecule has 0 bridgehead atoms. The van der Waals surface area contributed by atoms with Crippen LogP contribution < -0.4 is 0 Å². The molecular formula is C43H88O7Si4. The minimum Gasteiger partial charge on any atom is -0.416 e. The van der Waals surface area contributed by atoms with Crippen molar-refractivity contribution in [3.63, 3.8) is 0 Å². The summed E-state index contributed by atoms with van der Waals surface area (Å²) in [4.78, 5) is 29.5. The first kappa shape index (κ1) is 51.8. The topological polar surface area (TPSA) is 83.6 Å². The predicted molar refractivity (Wildman–Crippen MR) is 240 cm³/mol. The van der Waals surface area contributed by atoms with Gasteiger partial charge in [-0.1, -0.05) is 109 Å². The first-order valence-electron chi connectivity index (χ1n) is 20.8. The van der Waals surface area contributed by atoms with Gasteiger partial charge < -0.3 is 22.4 Å². The van der Waals surface area contributed by atoms with Crippen LogP contribution in [0.25, 0.3) is 0 Å². The van der Waals surface area contributed by atoms with E-state index >= 15 is 4.79 Å². The lowest BCUT2D eigenvalue weighted by Gasteiger charge is -2.46. The summed E-state index contributed by atoms with van der Waals surface area (Å²) >= 11 is 0. The van der Waals surface area contributed by atoms with Crippen LogP contribution >= 0.6 is 0 Å². The summed E-state index contributed by atoms with van der Waals surface area (Å²) in [5, 5.41) is -0.370. The molecule has 7 atom stereocenters. The lowest BCUT2D eigenvalue weighted by Crippen LogP contribution is -2.57. The van der Waals surface area contributed by atoms with Gasteiger partial charge in [-0.15, -0.1) is 0 Å². The Hall–Kier alpha value is -0.252. The number of hydrogen-bond donors (Lipinski definition) is 0. The van der Waals surface area contributed by atoms with Crippen molar-refractivity contribution in [2.24, 2.45) is 17.8 Å². The van der Waals surface area contributed by atoms with Gasteiger partial charge in [0.2, 0.25) is 0 Å². The average Bonchev–Trinajstić information content (AvgIpc) is 3.66. The van der Waals surface area contributed by atoms with Crippen LogP contribution in [0.4, 0.5) is 0 Å². The normalized spacial score (nSPS) is 22.6. The Morgan fingerprint density at radius 1 is 0.685 bits per heavy atom. The van der Waals surface area contributed by atoms with E-state index in [1.54, 1.807) is 0 Å². The lowest BCUT2D eigenvalue weighted by atomic mass is 9.79. The second-order valence-electron chi connectivity index (χ2n) is 22.7. The van der Waals surface area contributed by atoms with E-state index in [-0.39, 0.29) is 63.4 Å². The summed E-state index contributed by atoms with van der Waals surface area (Å²) < 4.78 is 35.5. The fraction of sp³-hybridized carbons (Fsp3) is 0.907. The molecule has 0 aromatic heterocycles. The zero-order chi connectivity index (χ0) is 42.9. The first-order chi connectivity index (χ1) is 23.8. The van der Waals surface area contributed by atoms with Crippen molar-refractivity contribution in [2.45, 2.75) is 220 Å². The molecule has 0 aliphatic carbocycles. The maximum atomic E-state index is 16.0. The highest BCUT2D eigenvalue weighted by atomic mass is 28.4. The molecule has 0 unspecified atom stereocenters. The molecule has 0 spiro atoms. The third-order valence-corrected chi connectivity index (χ3v) is 32.1. The SMILES string of the molecule is C/C=C\[C@H](C)[C@H]1O[C@]1(C)[C@@H](O[Si](C)(C)C(C)(C)C)[C@@H](CO[Si](C)(C)C(C)(C)C)C(=O)[C@@H](CO[Si](C)(C)C(C)(C)C)[C@@H](CC(=O)CC)O[Si](C)(C)C(C)(C)C. The average molecular weight is 830 g/mol. The fourth-order valence-electron chi connectivity index (χ4n) is 5.78. The third-order valence-electron chi connectivity index (χ3n) is 14.1. The van der Waals surface area contributed by atoms with Crippen LogP contribution in [-0.2, 0) is 32.0 Å². The number of Topliss-reactive ketones (excluding diaryl/α,β-unsaturated/α-hetero) is 2. The molecule has 1 fully saturated rings. The van der Waals surface area contributed by atoms with Crippen molar-refractivity contribution in [3.05, 3.63) is 12.2 Å². The second-order valence-corrected chi connectivity index (χ2v) is 41.8. The van der Waals surface area contributed by atoms with Crippen molar-refractivity contribution >= 4 is 44.8 Å². The molecule has 1 aliphatic rings. The summed E-state index contributed by atoms with van der Waals surface area (Å²) in [7, 11) is -9.57. The molecule has 1 heterocycles. The zero-order valence-corrected chi connectivity index (χ0v) is 43.8. The molecule has 1 rings (SSSR count). The molecule has 11 heteroatoms. The van der Waals surface area contributed by atoms with Crippen molar-refractivity contribution < 1.29 is 32.0 Å². The van der Waals surface area contributed by atoms with Crippen molar-refractivity contribution in [1.29, 1.82) is 0 Å². The monoisotopic (exact) mass is 829 g/mol. The number of hydrogen-bond acceptors (Lipinski definition) is 7. The molecular weight excluding hydrogens is 741 g/mol. The van der Waals surface area contributed by atoms with E-state index in [0.29, 0.717) is 6.42 Å². The summed E-state index contributed by atoms with van der Waals surface area (Å²) in [6.07, 6.45) is 3.48. The Morgan fingerprint density at radius 3 is 1.44 bits per heavy atom. The number of allylic oxidation sites excluding steroid dienone is 1. The van der Waals surface area contributed by atoms with Gasteiger partial charge in [-0.05, 0) is 86.4 Å². The fourth-order valence-corrected chi connectivity index (χ4v) is 10.6. The lowest BCUT2D eigenvalue weighted by molar-refractivity contribution is -0.139. The molecule has 54 heavy (non-hydrogen) atoms. The molecule has 318 valence electrons. The Labute approximate surface area is 338 Å². The van der Waals surface area contributed by atoms with Gasteiger partial charge in [-0.3, -0.25) is 9.59 Å². The number of carbonyl (C=O) groups excluding carboxylic acids is 2. The van der Waals surface area contributed by atoms with Gasteiger partial charge in [0.1, 0.15) is 17.2 Å². The van der Waals surface area contributed by atoms with E-state index in [2.05, 4.69) is 161 Å². The smallest absolute Gasteiger partial charge is 0.192 e. The summed E-state index contributed by atoms with van der Waals surface area (Å²) in [5.74, 6) is -1.15. The standard InChI is InChI=1S/C43H88O7Si4/c1-25-27-31(3)37-43(16,48-37)38(50-54(23,24)42(13,14)15)34(30-47-52(19,20)40(7,8)9)36(45)33(29-46-51(17,18)39(4,5)6)35(28-32(44)26-2)49-53(21,22)41(10,11)12/h25,27,31,33-35,37-38H,26,28-30H2,1-24H3/b27-25-/t31-,33-,34-,35+,37+,38-,43-/m0/s1. The molecule has 7 nitrogen and oxygen atoms in total. The second kappa shape index (κ2) is 17.9. The van der Waals surface area contributed by atoms with Crippen LogP contribution in [-0.4, -0.2) is 82.0 Å². The van der Waals surface area contributed by atoms with Crippen LogP contribution in [0.5, 0.6) is 0 Å². The van der Waals surface area contributed by atoms with Gasteiger partial charge in [0, 0.05) is 32.0 Å². The van der Waals surface area contributed by atoms with Crippen molar-refractivity contribution in [2.75, 3.05) is 13.2 Å². The van der Waals surface area contributed by atoms with E-state index in [4.69, 9.17) is 22.4 Å². The van der Waals surface area contributed by atoms with Gasteiger partial charge in [0.05, 0.1) is 30.1 Å². The third kappa shape index (κ3) is 12.9. The molecule has 1 saturated heterocycles. The maximum Gasteiger partial charge on any atom is 0.192 e. The Bertz CT molecular complexity index is 1280. The Kier molecular flexibility index (Phi) is 17.2. The van der Waals surface area contributed by atoms with Gasteiger partial charge in [0.15, 0.2) is 33.3 Å². The molecule has 0 amide bonds. The number of rotatable bonds is 20. The largest absolute Gasteiger partial charge is 0.416 e. The molecule has 0 radical (unpaired) electrons. The summed E-state index contributed by atoms with van der Waals surface area (Å²) in [6, 6.07) is 0. The number of ketones is 2. The summed E-state index contributed by atoms with van der Waals surface area (Å²) in [6.45, 7) is 53.2. The van der Waals surface area contributed by atoms with Crippen LogP contribution in [0.1, 0.15) is 124 Å². The molecule has 1 aliphatic heterocycles. The number of ether oxygens (including phenoxy) is 1. The van der Waals surface area contributed by atoms with Crippen molar-refractivity contribution in [1.82, 2.24) is 0 Å².